The fourth-order valence-corrected chi connectivity index (χ4v) is 5.25. The van der Waals surface area contributed by atoms with Gasteiger partial charge in [0, 0.05) is 50.2 Å². The van der Waals surface area contributed by atoms with Gasteiger partial charge in [0.2, 0.25) is 11.8 Å². The maximum absolute atomic E-state index is 13.5. The van der Waals surface area contributed by atoms with Gasteiger partial charge in [0.1, 0.15) is 0 Å². The first-order chi connectivity index (χ1) is 17.0. The third-order valence-corrected chi connectivity index (χ3v) is 7.31. The Labute approximate surface area is 218 Å². The van der Waals surface area contributed by atoms with Crippen molar-refractivity contribution in [1.29, 1.82) is 0 Å². The van der Waals surface area contributed by atoms with Crippen molar-refractivity contribution in [1.82, 2.24) is 5.32 Å². The van der Waals surface area contributed by atoms with Crippen LogP contribution in [0.4, 0.5) is 5.69 Å². The Hall–Kier alpha value is -1.96. The van der Waals surface area contributed by atoms with E-state index in [1.54, 1.807) is 7.11 Å². The van der Waals surface area contributed by atoms with Crippen LogP contribution in [-0.2, 0) is 20.7 Å². The van der Waals surface area contributed by atoms with Crippen molar-refractivity contribution in [2.45, 2.75) is 85.3 Å². The summed E-state index contributed by atoms with van der Waals surface area (Å²) in [4.78, 5) is 28.1. The number of anilines is 1. The van der Waals surface area contributed by atoms with Crippen LogP contribution in [0, 0.1) is 23.2 Å². The molecule has 36 heavy (non-hydrogen) atoms. The Morgan fingerprint density at radius 1 is 1.28 bits per heavy atom. The number of methoxy groups -OCH3 is 1. The van der Waals surface area contributed by atoms with Crippen LogP contribution in [0.25, 0.3) is 0 Å². The molecule has 1 heterocycles. The van der Waals surface area contributed by atoms with Crippen molar-refractivity contribution in [3.05, 3.63) is 29.8 Å². The molecular weight excluding hydrogens is 454 g/mol. The van der Waals surface area contributed by atoms with Gasteiger partial charge in [0.05, 0.1) is 12.7 Å². The molecule has 1 aromatic carbocycles. The molecule has 2 amide bonds. The molecule has 0 spiro atoms. The van der Waals surface area contributed by atoms with Crippen LogP contribution in [0.5, 0.6) is 0 Å². The highest BCUT2D eigenvalue weighted by Gasteiger charge is 2.35. The van der Waals surface area contributed by atoms with Gasteiger partial charge in [-0.15, -0.1) is 0 Å². The van der Waals surface area contributed by atoms with Gasteiger partial charge in [-0.1, -0.05) is 59.2 Å². The molecule has 2 rings (SSSR count). The minimum absolute atomic E-state index is 0.0199. The van der Waals surface area contributed by atoms with Gasteiger partial charge >= 0.3 is 0 Å². The topological polar surface area (TPSA) is 105 Å². The van der Waals surface area contributed by atoms with Crippen LogP contribution >= 0.6 is 0 Å². The number of rotatable bonds is 14. The molecule has 0 radical (unpaired) electrons. The fraction of sp³-hybridized carbons (Fsp3) is 0.724. The summed E-state index contributed by atoms with van der Waals surface area (Å²) in [5.41, 5.74) is 8.18. The smallest absolute Gasteiger partial charge is 0.227 e. The van der Waals surface area contributed by atoms with Gasteiger partial charge < -0.3 is 25.8 Å². The van der Waals surface area contributed by atoms with Crippen molar-refractivity contribution < 1.29 is 19.4 Å². The van der Waals surface area contributed by atoms with E-state index in [1.165, 1.54) is 5.56 Å². The summed E-state index contributed by atoms with van der Waals surface area (Å²) in [6.45, 7) is 12.0. The molecule has 0 fully saturated rings. The number of para-hydroxylation sites is 1. The first-order valence-corrected chi connectivity index (χ1v) is 13.6. The number of carbonyl (C=O) groups excluding carboxylic acids is 2. The number of carbonyl (C=O) groups is 2. The van der Waals surface area contributed by atoms with Crippen molar-refractivity contribution in [3.63, 3.8) is 0 Å². The van der Waals surface area contributed by atoms with E-state index in [1.807, 2.05) is 50.8 Å². The zero-order valence-electron chi connectivity index (χ0n) is 23.3. The van der Waals surface area contributed by atoms with Gasteiger partial charge in [0.25, 0.3) is 0 Å². The van der Waals surface area contributed by atoms with Crippen LogP contribution in [0.15, 0.2) is 24.3 Å². The molecule has 0 saturated heterocycles. The highest BCUT2D eigenvalue weighted by molar-refractivity contribution is 5.95. The highest BCUT2D eigenvalue weighted by atomic mass is 16.5. The number of fused-ring (bicyclic) bond motifs is 1. The summed E-state index contributed by atoms with van der Waals surface area (Å²) in [6, 6.07) is 7.55. The monoisotopic (exact) mass is 503 g/mol. The Balaban J connectivity index is 2.01. The molecule has 1 aromatic rings. The molecule has 1 aliphatic rings. The average Bonchev–Trinajstić information content (AvgIpc) is 2.81. The molecule has 7 heteroatoms. The maximum atomic E-state index is 13.5. The van der Waals surface area contributed by atoms with E-state index in [9.17, 15) is 14.7 Å². The molecule has 0 saturated carbocycles. The predicted molar refractivity (Wildman–Crippen MR) is 146 cm³/mol. The molecule has 1 unspecified atom stereocenters. The Kier molecular flexibility index (Phi) is 11.9. The van der Waals surface area contributed by atoms with E-state index >= 15 is 0 Å². The molecule has 1 aliphatic heterocycles. The van der Waals surface area contributed by atoms with E-state index in [4.69, 9.17) is 10.5 Å². The first kappa shape index (κ1) is 30.3. The van der Waals surface area contributed by atoms with Gasteiger partial charge in [-0.25, -0.2) is 0 Å². The van der Waals surface area contributed by atoms with E-state index in [-0.39, 0.29) is 29.6 Å². The lowest BCUT2D eigenvalue weighted by atomic mass is 9.78. The van der Waals surface area contributed by atoms with E-state index in [2.05, 4.69) is 18.3 Å². The molecule has 0 bridgehead atoms. The number of hydrogen-bond acceptors (Lipinski definition) is 5. The second-order valence-corrected chi connectivity index (χ2v) is 11.7. The van der Waals surface area contributed by atoms with Crippen LogP contribution in [0.1, 0.15) is 72.3 Å². The summed E-state index contributed by atoms with van der Waals surface area (Å²) >= 11 is 0. The largest absolute Gasteiger partial charge is 0.391 e. The molecule has 0 aliphatic carbocycles. The van der Waals surface area contributed by atoms with Crippen LogP contribution < -0.4 is 16.0 Å². The molecule has 204 valence electrons. The van der Waals surface area contributed by atoms with Crippen LogP contribution in [-0.4, -0.2) is 55.9 Å². The maximum Gasteiger partial charge on any atom is 0.227 e. The number of nitrogens with two attached hydrogens (primary N) is 1. The average molecular weight is 504 g/mol. The van der Waals surface area contributed by atoms with E-state index in [0.29, 0.717) is 39.0 Å². The Bertz CT molecular complexity index is 842. The SMILES string of the molecule is CCCCNC(=O)[C@@H](C[C@H](O)[C@@H](N)CC(C)(C)CC(=O)N1CC(COC)Cc2ccccc21)C(C)C. The van der Waals surface area contributed by atoms with Crippen molar-refractivity contribution in [3.8, 4) is 0 Å². The number of nitrogens with zero attached hydrogens (tertiary/aromatic N) is 1. The lowest BCUT2D eigenvalue weighted by Gasteiger charge is -2.37. The predicted octanol–water partition coefficient (Wildman–Crippen LogP) is 3.91. The summed E-state index contributed by atoms with van der Waals surface area (Å²) < 4.78 is 5.39. The number of ether oxygens (including phenoxy) is 1. The Morgan fingerprint density at radius 2 is 1.97 bits per heavy atom. The van der Waals surface area contributed by atoms with Crippen molar-refractivity contribution in [2.75, 3.05) is 31.7 Å². The number of benzene rings is 1. The summed E-state index contributed by atoms with van der Waals surface area (Å²) in [6.07, 6.45) is 3.17. The minimum atomic E-state index is -0.814. The number of hydrogen-bond donors (Lipinski definition) is 3. The number of aliphatic hydroxyl groups is 1. The number of amides is 2. The van der Waals surface area contributed by atoms with Gasteiger partial charge in [-0.3, -0.25) is 9.59 Å². The van der Waals surface area contributed by atoms with Gasteiger partial charge in [-0.2, -0.15) is 0 Å². The van der Waals surface area contributed by atoms with Crippen LogP contribution in [0.3, 0.4) is 0 Å². The second-order valence-electron chi connectivity index (χ2n) is 11.7. The quantitative estimate of drug-likeness (QED) is 0.334. The lowest BCUT2D eigenvalue weighted by Crippen LogP contribution is -2.45. The highest BCUT2D eigenvalue weighted by Crippen LogP contribution is 2.34. The third-order valence-electron chi connectivity index (χ3n) is 7.31. The minimum Gasteiger partial charge on any atom is -0.391 e. The number of aliphatic hydroxyl groups excluding tert-OH is 1. The molecule has 4 N–H and O–H groups in total. The normalized spacial score (nSPS) is 18.5. The third kappa shape index (κ3) is 8.86. The fourth-order valence-electron chi connectivity index (χ4n) is 5.25. The lowest BCUT2D eigenvalue weighted by molar-refractivity contribution is -0.127. The molecule has 4 atom stereocenters. The van der Waals surface area contributed by atoms with Gasteiger partial charge in [-0.05, 0) is 48.6 Å². The summed E-state index contributed by atoms with van der Waals surface area (Å²) in [7, 11) is 1.70. The zero-order chi connectivity index (χ0) is 26.9. The van der Waals surface area contributed by atoms with Gasteiger partial charge in [0.15, 0.2) is 0 Å². The van der Waals surface area contributed by atoms with Crippen molar-refractivity contribution >= 4 is 17.5 Å². The number of unbranched alkanes of at least 4 members (excludes halogenated alkanes) is 1. The standard InChI is InChI=1S/C29H49N3O4/c1-7-8-13-31-28(35)23(20(2)3)15-26(33)24(30)16-29(4,5)17-27(34)32-18-21(19-36-6)14-22-11-9-10-12-25(22)32/h9-12,20-21,23-24,26,33H,7-8,13-19,30H2,1-6H3,(H,31,35)/t21?,23-,24-,26-/m0/s1. The molecule has 0 aromatic heterocycles. The first-order valence-electron chi connectivity index (χ1n) is 13.6. The van der Waals surface area contributed by atoms with Crippen molar-refractivity contribution in [2.24, 2.45) is 28.9 Å². The van der Waals surface area contributed by atoms with E-state index in [0.717, 1.165) is 24.9 Å². The number of nitrogens with one attached hydrogen (secondary N) is 1. The molecular formula is C29H49N3O4. The second kappa shape index (κ2) is 14.1. The van der Waals surface area contributed by atoms with Crippen LogP contribution in [0.2, 0.25) is 0 Å². The zero-order valence-corrected chi connectivity index (χ0v) is 23.3. The summed E-state index contributed by atoms with van der Waals surface area (Å²) in [5, 5.41) is 13.9. The Morgan fingerprint density at radius 3 is 2.61 bits per heavy atom. The molecule has 7 nitrogen and oxygen atoms in total. The van der Waals surface area contributed by atoms with E-state index < -0.39 is 17.6 Å². The summed E-state index contributed by atoms with van der Waals surface area (Å²) in [5.74, 6) is 0.105.